The van der Waals surface area contributed by atoms with Crippen LogP contribution in [0.1, 0.15) is 30.2 Å². The van der Waals surface area contributed by atoms with Gasteiger partial charge in [-0.25, -0.2) is 5.06 Å². The Bertz CT molecular complexity index is 479. The molecule has 3 heterocycles. The molecule has 2 atom stereocenters. The molecule has 0 saturated carbocycles. The number of hydrogen-bond acceptors (Lipinski definition) is 4. The zero-order valence-electron chi connectivity index (χ0n) is 11.3. The SMILES string of the molecule is Cc1c([C@H]2OCC[C@@H]2C(=O)N2CCCO2)cnn1C. The topological polar surface area (TPSA) is 56.6 Å². The van der Waals surface area contributed by atoms with E-state index in [1.54, 1.807) is 6.20 Å². The van der Waals surface area contributed by atoms with E-state index >= 15 is 0 Å². The Balaban J connectivity index is 1.81. The average Bonchev–Trinajstić information content (AvgIpc) is 3.12. The molecule has 6 heteroatoms. The number of carbonyl (C=O) groups is 1. The molecule has 2 aliphatic heterocycles. The number of aromatic nitrogens is 2. The first kappa shape index (κ1) is 12.6. The molecule has 19 heavy (non-hydrogen) atoms. The van der Waals surface area contributed by atoms with Crippen molar-refractivity contribution in [1.29, 1.82) is 0 Å². The highest BCUT2D eigenvalue weighted by atomic mass is 16.7. The van der Waals surface area contributed by atoms with Gasteiger partial charge in [-0.2, -0.15) is 5.10 Å². The van der Waals surface area contributed by atoms with Crippen LogP contribution in [0.2, 0.25) is 0 Å². The fourth-order valence-corrected chi connectivity index (χ4v) is 2.75. The van der Waals surface area contributed by atoms with Crippen LogP contribution in [0.5, 0.6) is 0 Å². The van der Waals surface area contributed by atoms with E-state index < -0.39 is 0 Å². The molecule has 0 aromatic carbocycles. The first-order valence-electron chi connectivity index (χ1n) is 6.73. The summed E-state index contributed by atoms with van der Waals surface area (Å²) in [4.78, 5) is 17.8. The zero-order valence-corrected chi connectivity index (χ0v) is 11.3. The molecule has 104 valence electrons. The lowest BCUT2D eigenvalue weighted by Crippen LogP contribution is -2.34. The summed E-state index contributed by atoms with van der Waals surface area (Å²) in [6.07, 6.45) is 3.27. The molecule has 2 saturated heterocycles. The van der Waals surface area contributed by atoms with Crippen LogP contribution in [0.3, 0.4) is 0 Å². The first-order chi connectivity index (χ1) is 9.18. The minimum Gasteiger partial charge on any atom is -0.373 e. The molecule has 1 aromatic rings. The van der Waals surface area contributed by atoms with E-state index in [0.29, 0.717) is 19.8 Å². The van der Waals surface area contributed by atoms with Crippen LogP contribution in [0.15, 0.2) is 6.20 Å². The van der Waals surface area contributed by atoms with Crippen molar-refractivity contribution in [1.82, 2.24) is 14.8 Å². The summed E-state index contributed by atoms with van der Waals surface area (Å²) < 4.78 is 7.58. The minimum absolute atomic E-state index is 0.0447. The van der Waals surface area contributed by atoms with Crippen molar-refractivity contribution in [3.63, 3.8) is 0 Å². The van der Waals surface area contributed by atoms with Gasteiger partial charge in [-0.3, -0.25) is 14.3 Å². The number of nitrogens with zero attached hydrogens (tertiary/aromatic N) is 3. The molecule has 2 fully saturated rings. The molecular weight excluding hydrogens is 246 g/mol. The van der Waals surface area contributed by atoms with Crippen LogP contribution in [-0.2, 0) is 21.4 Å². The predicted molar refractivity (Wildman–Crippen MR) is 67.0 cm³/mol. The summed E-state index contributed by atoms with van der Waals surface area (Å²) in [5.41, 5.74) is 2.06. The fourth-order valence-electron chi connectivity index (χ4n) is 2.75. The van der Waals surface area contributed by atoms with Crippen LogP contribution in [0.25, 0.3) is 0 Å². The molecule has 1 amide bonds. The third kappa shape index (κ3) is 2.15. The molecule has 6 nitrogen and oxygen atoms in total. The van der Waals surface area contributed by atoms with E-state index in [0.717, 1.165) is 24.1 Å². The van der Waals surface area contributed by atoms with Crippen molar-refractivity contribution in [2.45, 2.75) is 25.9 Å². The second-order valence-electron chi connectivity index (χ2n) is 5.12. The number of hydroxylamine groups is 2. The number of amides is 1. The van der Waals surface area contributed by atoms with Crippen molar-refractivity contribution >= 4 is 5.91 Å². The van der Waals surface area contributed by atoms with Crippen molar-refractivity contribution < 1.29 is 14.4 Å². The van der Waals surface area contributed by atoms with Gasteiger partial charge in [-0.05, 0) is 19.8 Å². The van der Waals surface area contributed by atoms with Crippen molar-refractivity contribution in [2.24, 2.45) is 13.0 Å². The fraction of sp³-hybridized carbons (Fsp3) is 0.692. The van der Waals surface area contributed by atoms with Gasteiger partial charge in [0.1, 0.15) is 0 Å². The number of carbonyl (C=O) groups excluding carboxylic acids is 1. The molecule has 0 radical (unpaired) electrons. The highest BCUT2D eigenvalue weighted by Crippen LogP contribution is 2.37. The lowest BCUT2D eigenvalue weighted by molar-refractivity contribution is -0.175. The van der Waals surface area contributed by atoms with Gasteiger partial charge >= 0.3 is 0 Å². The van der Waals surface area contributed by atoms with Gasteiger partial charge in [0, 0.05) is 24.9 Å². The minimum atomic E-state index is -0.189. The van der Waals surface area contributed by atoms with Crippen molar-refractivity contribution in [3.05, 3.63) is 17.5 Å². The van der Waals surface area contributed by atoms with E-state index in [1.807, 2.05) is 18.7 Å². The smallest absolute Gasteiger partial charge is 0.252 e. The molecule has 1 aromatic heterocycles. The second-order valence-corrected chi connectivity index (χ2v) is 5.12. The Morgan fingerprint density at radius 1 is 1.47 bits per heavy atom. The highest BCUT2D eigenvalue weighted by molar-refractivity contribution is 5.79. The Kier molecular flexibility index (Phi) is 3.28. The molecule has 0 unspecified atom stereocenters. The lowest BCUT2D eigenvalue weighted by atomic mass is 9.95. The third-order valence-electron chi connectivity index (χ3n) is 3.99. The van der Waals surface area contributed by atoms with Crippen LogP contribution < -0.4 is 0 Å². The summed E-state index contributed by atoms with van der Waals surface area (Å²) >= 11 is 0. The van der Waals surface area contributed by atoms with Gasteiger partial charge in [-0.15, -0.1) is 0 Å². The van der Waals surface area contributed by atoms with E-state index in [4.69, 9.17) is 9.57 Å². The Morgan fingerprint density at radius 3 is 2.95 bits per heavy atom. The normalized spacial score (nSPS) is 27.2. The van der Waals surface area contributed by atoms with Crippen molar-refractivity contribution in [2.75, 3.05) is 19.8 Å². The molecule has 0 bridgehead atoms. The van der Waals surface area contributed by atoms with Crippen LogP contribution in [0.4, 0.5) is 0 Å². The van der Waals surface area contributed by atoms with E-state index in [1.165, 1.54) is 5.06 Å². The van der Waals surface area contributed by atoms with Gasteiger partial charge in [0.25, 0.3) is 5.91 Å². The maximum absolute atomic E-state index is 12.4. The van der Waals surface area contributed by atoms with Gasteiger partial charge in [0.2, 0.25) is 0 Å². The maximum Gasteiger partial charge on any atom is 0.252 e. The van der Waals surface area contributed by atoms with Gasteiger partial charge in [0.05, 0.1) is 31.4 Å². The summed E-state index contributed by atoms with van der Waals surface area (Å²) in [6, 6.07) is 0. The number of hydrogen-bond donors (Lipinski definition) is 0. The number of ether oxygens (including phenoxy) is 1. The summed E-state index contributed by atoms with van der Waals surface area (Å²) in [7, 11) is 1.90. The second kappa shape index (κ2) is 4.94. The molecular formula is C13H19N3O3. The van der Waals surface area contributed by atoms with Crippen molar-refractivity contribution in [3.8, 4) is 0 Å². The Morgan fingerprint density at radius 2 is 2.32 bits per heavy atom. The molecule has 2 aliphatic rings. The largest absolute Gasteiger partial charge is 0.373 e. The molecule has 0 aliphatic carbocycles. The van der Waals surface area contributed by atoms with Gasteiger partial charge in [-0.1, -0.05) is 0 Å². The Hall–Kier alpha value is -1.40. The molecule has 3 rings (SSSR count). The first-order valence-corrected chi connectivity index (χ1v) is 6.73. The van der Waals surface area contributed by atoms with E-state index in [-0.39, 0.29) is 17.9 Å². The predicted octanol–water partition coefficient (Wildman–Crippen LogP) is 0.970. The van der Waals surface area contributed by atoms with E-state index in [2.05, 4.69) is 5.10 Å². The standard InChI is InChI=1S/C13H19N3O3/c1-9-11(8-14-15(9)2)12-10(4-7-18-12)13(17)16-5-3-6-19-16/h8,10,12H,3-7H2,1-2H3/t10-,12-/m0/s1. The number of rotatable bonds is 2. The van der Waals surface area contributed by atoms with E-state index in [9.17, 15) is 4.79 Å². The Labute approximate surface area is 112 Å². The highest BCUT2D eigenvalue weighted by Gasteiger charge is 2.40. The van der Waals surface area contributed by atoms with Crippen LogP contribution in [0, 0.1) is 12.8 Å². The van der Waals surface area contributed by atoms with Crippen LogP contribution in [-0.4, -0.2) is 40.5 Å². The summed E-state index contributed by atoms with van der Waals surface area (Å²) in [5.74, 6) is -0.107. The summed E-state index contributed by atoms with van der Waals surface area (Å²) in [6.45, 7) is 3.94. The molecule has 0 spiro atoms. The van der Waals surface area contributed by atoms with Gasteiger partial charge < -0.3 is 4.74 Å². The maximum atomic E-state index is 12.4. The average molecular weight is 265 g/mol. The zero-order chi connectivity index (χ0) is 13.4. The van der Waals surface area contributed by atoms with Gasteiger partial charge in [0.15, 0.2) is 0 Å². The third-order valence-corrected chi connectivity index (χ3v) is 3.99. The number of aryl methyl sites for hydroxylation is 1. The lowest BCUT2D eigenvalue weighted by Gasteiger charge is -2.22. The quantitative estimate of drug-likeness (QED) is 0.799. The molecule has 0 N–H and O–H groups in total. The van der Waals surface area contributed by atoms with Crippen LogP contribution >= 0.6 is 0 Å². The summed E-state index contributed by atoms with van der Waals surface area (Å²) in [5, 5.41) is 5.73. The monoisotopic (exact) mass is 265 g/mol.